The van der Waals surface area contributed by atoms with E-state index >= 15 is 0 Å². The lowest BCUT2D eigenvalue weighted by atomic mass is 9.83. The molecule has 0 saturated heterocycles. The number of fused-ring (bicyclic) bond motifs is 13. The lowest BCUT2D eigenvalue weighted by Gasteiger charge is -2.28. The van der Waals surface area contributed by atoms with E-state index in [-0.39, 0.29) is 0 Å². The zero-order chi connectivity index (χ0) is 56.0. The maximum Gasteiger partial charge on any atom is 0.159 e. The number of hydrogen-bond acceptors (Lipinski definition) is 5. The fourth-order valence-electron chi connectivity index (χ4n) is 15.0. The second kappa shape index (κ2) is 20.5. The minimum absolute atomic E-state index is 0.487. The summed E-state index contributed by atoms with van der Waals surface area (Å²) in [6.07, 6.45) is 12.4. The molecule has 5 nitrogen and oxygen atoms in total. The predicted octanol–water partition coefficient (Wildman–Crippen LogP) is 24.1. The van der Waals surface area contributed by atoms with Crippen molar-refractivity contribution < 1.29 is 13.3 Å². The first-order valence-electron chi connectivity index (χ1n) is 30.8. The average molecular weight is 1100 g/mol. The van der Waals surface area contributed by atoms with Gasteiger partial charge in [0.25, 0.3) is 0 Å². The Balaban J connectivity index is 0.915. The van der Waals surface area contributed by atoms with Crippen molar-refractivity contribution in [1.82, 2.24) is 0 Å². The Morgan fingerprint density at radius 3 is 1.05 bits per heavy atom. The summed E-state index contributed by atoms with van der Waals surface area (Å²) in [5.74, 6) is 0.974. The van der Waals surface area contributed by atoms with Crippen LogP contribution in [0.3, 0.4) is 0 Å². The van der Waals surface area contributed by atoms with Crippen molar-refractivity contribution >= 4 is 121 Å². The van der Waals surface area contributed by atoms with Crippen LogP contribution in [0.4, 0.5) is 34.1 Å². The summed E-state index contributed by atoms with van der Waals surface area (Å²) in [4.78, 5) is 4.84. The van der Waals surface area contributed by atoms with Crippen LogP contribution in [0.1, 0.15) is 87.2 Å². The zero-order valence-corrected chi connectivity index (χ0v) is 47.4. The van der Waals surface area contributed by atoms with Crippen LogP contribution in [-0.4, -0.2) is 0 Å². The van der Waals surface area contributed by atoms with E-state index in [4.69, 9.17) is 13.3 Å². The minimum atomic E-state index is 0.487. The van der Waals surface area contributed by atoms with Gasteiger partial charge in [0.15, 0.2) is 11.2 Å². The minimum Gasteiger partial charge on any atom is -0.456 e. The van der Waals surface area contributed by atoms with Crippen LogP contribution in [0.15, 0.2) is 256 Å². The summed E-state index contributed by atoms with van der Waals surface area (Å²) < 4.78 is 22.2. The van der Waals surface area contributed by atoms with Crippen LogP contribution in [-0.2, 0) is 0 Å². The van der Waals surface area contributed by atoms with Crippen molar-refractivity contribution in [3.63, 3.8) is 0 Å². The highest BCUT2D eigenvalue weighted by atomic mass is 16.3. The predicted molar refractivity (Wildman–Crippen MR) is 355 cm³/mol. The van der Waals surface area contributed by atoms with Crippen molar-refractivity contribution in [3.8, 4) is 22.3 Å². The van der Waals surface area contributed by atoms with Gasteiger partial charge >= 0.3 is 0 Å². The molecule has 2 aliphatic carbocycles. The average Bonchev–Trinajstić information content (AvgIpc) is 2.32. The smallest absolute Gasteiger partial charge is 0.159 e. The molecule has 12 aromatic carbocycles. The quantitative estimate of drug-likeness (QED) is 0.137. The fraction of sp³-hybridized carbons (Fsp3) is 0.150. The number of nitrogens with zero attached hydrogens (tertiary/aromatic N) is 2. The van der Waals surface area contributed by atoms with Crippen LogP contribution in [0, 0.1) is 0 Å². The molecule has 85 heavy (non-hydrogen) atoms. The molecule has 0 bridgehead atoms. The second-order valence-electron chi connectivity index (χ2n) is 23.9. The Bertz CT molecular complexity index is 4740. The second-order valence-corrected chi connectivity index (χ2v) is 23.9. The number of benzene rings is 12. The molecule has 5 heteroatoms. The molecule has 17 rings (SSSR count). The topological polar surface area (TPSA) is 45.9 Å². The molecule has 15 aromatic rings. The molecule has 0 atom stereocenters. The molecular weight excluding hydrogens is 1040 g/mol. The third-order valence-electron chi connectivity index (χ3n) is 19.0. The van der Waals surface area contributed by atoms with E-state index < -0.39 is 0 Å². The molecule has 0 amide bonds. The van der Waals surface area contributed by atoms with Gasteiger partial charge < -0.3 is 23.1 Å². The fourth-order valence-corrected chi connectivity index (χ4v) is 15.0. The van der Waals surface area contributed by atoms with Crippen LogP contribution in [0.2, 0.25) is 0 Å². The van der Waals surface area contributed by atoms with Gasteiger partial charge in [0, 0.05) is 66.6 Å². The molecule has 2 saturated carbocycles. The maximum atomic E-state index is 7.52. The Morgan fingerprint density at radius 1 is 0.259 bits per heavy atom. The summed E-state index contributed by atoms with van der Waals surface area (Å²) >= 11 is 0. The number of hydrogen-bond donors (Lipinski definition) is 0. The normalized spacial score (nSPS) is 14.5. The van der Waals surface area contributed by atoms with Crippen LogP contribution in [0.5, 0.6) is 0 Å². The number of furan rings is 3. The molecule has 0 radical (unpaired) electrons. The first-order chi connectivity index (χ1) is 42.2. The largest absolute Gasteiger partial charge is 0.456 e. The van der Waals surface area contributed by atoms with Crippen LogP contribution >= 0.6 is 0 Å². The van der Waals surface area contributed by atoms with E-state index in [1.807, 2.05) is 0 Å². The summed E-state index contributed by atoms with van der Waals surface area (Å²) in [7, 11) is 0. The van der Waals surface area contributed by atoms with E-state index in [2.05, 4.69) is 252 Å². The standard InChI is InChI=1S/C80H62N2O3/c1-5-23-51(24-6-1)55-31-17-33-57(47-55)81(69-45-21-43-67-65-41-19-39-59(77(65)84-79(67)69)53-27-9-3-10-28-53)71-49-73-75(63-37-15-13-35-61(63)71)76-64-38-16-14-36-62(64)72(50-74(76)83-73)82(58-34-18-32-56(48-58)52-25-7-2-8-26-52)70-46-22-44-68-66-42-20-40-60(78(66)85-80(68)70)54-29-11-4-12-30-54/h1-2,5-8,13-26,31-50,53-54H,3-4,9-12,27-30H2. The van der Waals surface area contributed by atoms with Gasteiger partial charge in [0.05, 0.1) is 22.7 Å². The van der Waals surface area contributed by atoms with Gasteiger partial charge in [-0.2, -0.15) is 0 Å². The third-order valence-corrected chi connectivity index (χ3v) is 19.0. The Labute approximate surface area is 493 Å². The Morgan fingerprint density at radius 2 is 0.612 bits per heavy atom. The number of rotatable bonds is 10. The third kappa shape index (κ3) is 8.26. The number of anilines is 6. The first-order valence-corrected chi connectivity index (χ1v) is 30.8. The highest BCUT2D eigenvalue weighted by Crippen LogP contribution is 2.53. The lowest BCUT2D eigenvalue weighted by molar-refractivity contribution is 0.442. The Kier molecular flexibility index (Phi) is 12.0. The Hall–Kier alpha value is -9.84. The van der Waals surface area contributed by atoms with Crippen molar-refractivity contribution in [2.45, 2.75) is 76.0 Å². The van der Waals surface area contributed by atoms with Crippen molar-refractivity contribution in [3.05, 3.63) is 254 Å². The molecule has 3 aromatic heterocycles. The first kappa shape index (κ1) is 49.7. The van der Waals surface area contributed by atoms with Gasteiger partial charge in [-0.05, 0) is 118 Å². The van der Waals surface area contributed by atoms with Crippen molar-refractivity contribution in [1.29, 1.82) is 0 Å². The molecule has 0 unspecified atom stereocenters. The van der Waals surface area contributed by atoms with Gasteiger partial charge in [-0.15, -0.1) is 0 Å². The lowest BCUT2D eigenvalue weighted by Crippen LogP contribution is -2.11. The van der Waals surface area contributed by atoms with E-state index in [1.165, 1.54) is 86.1 Å². The van der Waals surface area contributed by atoms with Gasteiger partial charge in [0.2, 0.25) is 0 Å². The summed E-state index contributed by atoms with van der Waals surface area (Å²) in [5, 5.41) is 11.2. The van der Waals surface area contributed by atoms with E-state index in [9.17, 15) is 0 Å². The highest BCUT2D eigenvalue weighted by Gasteiger charge is 2.30. The van der Waals surface area contributed by atoms with Gasteiger partial charge in [-0.25, -0.2) is 0 Å². The van der Waals surface area contributed by atoms with E-state index in [0.717, 1.165) is 133 Å². The van der Waals surface area contributed by atoms with Crippen LogP contribution < -0.4 is 9.80 Å². The van der Waals surface area contributed by atoms with Crippen molar-refractivity contribution in [2.24, 2.45) is 0 Å². The zero-order valence-electron chi connectivity index (χ0n) is 47.4. The van der Waals surface area contributed by atoms with Crippen LogP contribution in [0.25, 0.3) is 110 Å². The molecule has 410 valence electrons. The van der Waals surface area contributed by atoms with Gasteiger partial charge in [-0.1, -0.05) is 233 Å². The van der Waals surface area contributed by atoms with E-state index in [0.29, 0.717) is 11.8 Å². The maximum absolute atomic E-state index is 7.52. The molecule has 0 N–H and O–H groups in total. The molecule has 0 aliphatic heterocycles. The molecular formula is C80H62N2O3. The summed E-state index contributed by atoms with van der Waals surface area (Å²) in [5.41, 5.74) is 18.6. The summed E-state index contributed by atoms with van der Waals surface area (Å²) in [6.45, 7) is 0. The summed E-state index contributed by atoms with van der Waals surface area (Å²) in [6, 6.07) is 88.6. The number of para-hydroxylation sites is 4. The van der Waals surface area contributed by atoms with E-state index in [1.54, 1.807) is 0 Å². The molecule has 3 heterocycles. The molecule has 2 fully saturated rings. The van der Waals surface area contributed by atoms with Crippen molar-refractivity contribution in [2.75, 3.05) is 9.80 Å². The van der Waals surface area contributed by atoms with Gasteiger partial charge in [0.1, 0.15) is 22.3 Å². The SMILES string of the molecule is c1ccc(-c2cccc(N(c3cc4oc5cc(N(c6cccc(-c7ccccc7)c6)c6cccc7c6oc6c(C8CCCCC8)cccc67)c6ccccc6c5c4c4ccccc34)c3cccc4c3oc3c(C5CCCCC5)cccc34)c2)cc1. The van der Waals surface area contributed by atoms with Gasteiger partial charge in [-0.3, -0.25) is 0 Å². The molecule has 0 spiro atoms. The monoisotopic (exact) mass is 1100 g/mol. The molecule has 2 aliphatic rings. The highest BCUT2D eigenvalue weighted by molar-refractivity contribution is 6.30.